The van der Waals surface area contributed by atoms with Crippen molar-refractivity contribution >= 4 is 45.1 Å². The van der Waals surface area contributed by atoms with Crippen molar-refractivity contribution in [3.05, 3.63) is 46.6 Å². The largest absolute Gasteiger partial charge is 0.318 e. The topological polar surface area (TPSA) is 59.1 Å². The van der Waals surface area contributed by atoms with E-state index in [1.54, 1.807) is 18.3 Å². The highest BCUT2D eigenvalue weighted by molar-refractivity contribution is 9.10. The van der Waals surface area contributed by atoms with Gasteiger partial charge in [-0.2, -0.15) is 0 Å². The van der Waals surface area contributed by atoms with Crippen molar-refractivity contribution in [1.29, 1.82) is 0 Å². The van der Waals surface area contributed by atoms with E-state index in [9.17, 15) is 9.59 Å². The minimum Gasteiger partial charge on any atom is -0.318 e. The molecule has 3 rings (SSSR count). The van der Waals surface area contributed by atoms with Crippen LogP contribution >= 0.6 is 27.7 Å². The molecule has 1 aliphatic rings. The Morgan fingerprint density at radius 1 is 1.21 bits per heavy atom. The van der Waals surface area contributed by atoms with Crippen molar-refractivity contribution in [3.63, 3.8) is 0 Å². The lowest BCUT2D eigenvalue weighted by atomic mass is 10.1. The van der Waals surface area contributed by atoms with Crippen LogP contribution in [-0.2, 0) is 4.79 Å². The summed E-state index contributed by atoms with van der Waals surface area (Å²) in [6, 6.07) is 9.01. The minimum absolute atomic E-state index is 0.425. The second kappa shape index (κ2) is 4.79. The number of ketones is 1. The number of amides is 1. The van der Waals surface area contributed by atoms with Gasteiger partial charge in [0, 0.05) is 11.1 Å². The fourth-order valence-corrected chi connectivity index (χ4v) is 3.06. The fourth-order valence-electron chi connectivity index (χ4n) is 1.75. The molecule has 2 heterocycles. The Labute approximate surface area is 121 Å². The number of rotatable bonds is 2. The molecule has 2 aromatic rings. The molecule has 0 saturated heterocycles. The van der Waals surface area contributed by atoms with Crippen molar-refractivity contribution in [1.82, 2.24) is 4.98 Å². The van der Waals surface area contributed by atoms with Crippen LogP contribution in [0.4, 0.5) is 5.69 Å². The molecule has 1 aliphatic heterocycles. The number of pyridine rings is 1. The van der Waals surface area contributed by atoms with Gasteiger partial charge in [0.1, 0.15) is 5.03 Å². The second-order valence-electron chi connectivity index (χ2n) is 3.88. The van der Waals surface area contributed by atoms with Gasteiger partial charge in [-0.1, -0.05) is 11.8 Å². The molecule has 6 heteroatoms. The number of carbonyl (C=O) groups excluding carboxylic acids is 2. The quantitative estimate of drug-likeness (QED) is 0.857. The van der Waals surface area contributed by atoms with Crippen LogP contribution in [0, 0.1) is 0 Å². The number of fused-ring (bicyclic) bond motifs is 1. The zero-order chi connectivity index (χ0) is 13.4. The van der Waals surface area contributed by atoms with Crippen molar-refractivity contribution in [2.45, 2.75) is 9.92 Å². The number of benzene rings is 1. The highest BCUT2D eigenvalue weighted by Gasteiger charge is 2.27. The van der Waals surface area contributed by atoms with E-state index in [-0.39, 0.29) is 0 Å². The highest BCUT2D eigenvalue weighted by Crippen LogP contribution is 2.35. The Kier molecular flexibility index (Phi) is 3.12. The lowest BCUT2D eigenvalue weighted by Crippen LogP contribution is -2.12. The number of nitrogens with zero attached hydrogens (tertiary/aromatic N) is 1. The minimum atomic E-state index is -0.573. The summed E-state index contributed by atoms with van der Waals surface area (Å²) < 4.78 is 0.903. The molecular formula is C13H7BrN2O2S. The predicted molar refractivity (Wildman–Crippen MR) is 75.5 cm³/mol. The van der Waals surface area contributed by atoms with E-state index in [4.69, 9.17) is 0 Å². The summed E-state index contributed by atoms with van der Waals surface area (Å²) >= 11 is 4.89. The Morgan fingerprint density at radius 3 is 2.84 bits per heavy atom. The van der Waals surface area contributed by atoms with Gasteiger partial charge < -0.3 is 5.32 Å². The molecule has 1 aromatic heterocycles. The molecule has 4 nitrogen and oxygen atoms in total. The van der Waals surface area contributed by atoms with Crippen LogP contribution in [-0.4, -0.2) is 16.7 Å². The number of anilines is 1. The van der Waals surface area contributed by atoms with Gasteiger partial charge in [-0.15, -0.1) is 0 Å². The standard InChI is InChI=1S/C13H7BrN2O2S/c14-9-2-1-5-15-13(9)19-7-3-4-8-10(6-7)16-12(18)11(8)17/h1-6H,(H,16,17,18). The van der Waals surface area contributed by atoms with Gasteiger partial charge in [-0.05, 0) is 46.3 Å². The predicted octanol–water partition coefficient (Wildman–Crippen LogP) is 3.13. The van der Waals surface area contributed by atoms with E-state index >= 15 is 0 Å². The van der Waals surface area contributed by atoms with Gasteiger partial charge in [0.15, 0.2) is 0 Å². The molecule has 1 aromatic carbocycles. The van der Waals surface area contributed by atoms with E-state index in [0.717, 1.165) is 14.4 Å². The first-order chi connectivity index (χ1) is 9.15. The highest BCUT2D eigenvalue weighted by atomic mass is 79.9. The van der Waals surface area contributed by atoms with Gasteiger partial charge in [0.05, 0.1) is 15.7 Å². The van der Waals surface area contributed by atoms with E-state index < -0.39 is 11.7 Å². The number of Topliss-reactive ketones (excluding diaryl/α,β-unsaturated/α-hetero) is 1. The average molecular weight is 335 g/mol. The van der Waals surface area contributed by atoms with Crippen molar-refractivity contribution in [2.75, 3.05) is 5.32 Å². The third-order valence-electron chi connectivity index (χ3n) is 2.63. The molecule has 0 radical (unpaired) electrons. The van der Waals surface area contributed by atoms with Crippen LogP contribution in [0.25, 0.3) is 0 Å². The third-order valence-corrected chi connectivity index (χ3v) is 4.54. The first kappa shape index (κ1) is 12.4. The van der Waals surface area contributed by atoms with Gasteiger partial charge in [-0.3, -0.25) is 9.59 Å². The van der Waals surface area contributed by atoms with Crippen LogP contribution in [0.15, 0.2) is 50.9 Å². The van der Waals surface area contributed by atoms with Crippen LogP contribution in [0.5, 0.6) is 0 Å². The monoisotopic (exact) mass is 334 g/mol. The van der Waals surface area contributed by atoms with Crippen LogP contribution in [0.1, 0.15) is 10.4 Å². The Morgan fingerprint density at radius 2 is 2.05 bits per heavy atom. The summed E-state index contributed by atoms with van der Waals surface area (Å²) in [5.74, 6) is -1.05. The summed E-state index contributed by atoms with van der Waals surface area (Å²) in [7, 11) is 0. The fraction of sp³-hybridized carbons (Fsp3) is 0. The van der Waals surface area contributed by atoms with E-state index in [1.165, 1.54) is 11.8 Å². The molecule has 0 saturated carbocycles. The molecule has 0 unspecified atom stereocenters. The Hall–Kier alpha value is -1.66. The number of halogens is 1. The molecule has 1 amide bonds. The van der Waals surface area contributed by atoms with Gasteiger partial charge in [0.25, 0.3) is 11.7 Å². The molecule has 0 aliphatic carbocycles. The van der Waals surface area contributed by atoms with Gasteiger partial charge >= 0.3 is 0 Å². The molecule has 0 fully saturated rings. The zero-order valence-corrected chi connectivity index (χ0v) is 11.9. The second-order valence-corrected chi connectivity index (χ2v) is 5.80. The normalized spacial score (nSPS) is 13.3. The molecule has 0 spiro atoms. The van der Waals surface area contributed by atoms with Crippen LogP contribution in [0.2, 0.25) is 0 Å². The summed E-state index contributed by atoms with van der Waals surface area (Å²) in [6.45, 7) is 0. The van der Waals surface area contributed by atoms with Crippen molar-refractivity contribution in [2.24, 2.45) is 0 Å². The van der Waals surface area contributed by atoms with E-state index in [0.29, 0.717) is 11.3 Å². The van der Waals surface area contributed by atoms with Crippen LogP contribution in [0.3, 0.4) is 0 Å². The smallest absolute Gasteiger partial charge is 0.296 e. The Bertz CT molecular complexity index is 703. The number of carbonyl (C=O) groups is 2. The maximum Gasteiger partial charge on any atom is 0.296 e. The molecule has 1 N–H and O–H groups in total. The van der Waals surface area contributed by atoms with Crippen molar-refractivity contribution in [3.8, 4) is 0 Å². The average Bonchev–Trinajstić information content (AvgIpc) is 2.68. The maximum atomic E-state index is 11.5. The number of nitrogens with one attached hydrogen (secondary N) is 1. The summed E-state index contributed by atoms with van der Waals surface area (Å²) in [4.78, 5) is 27.9. The summed E-state index contributed by atoms with van der Waals surface area (Å²) in [5, 5.41) is 3.39. The molecule has 94 valence electrons. The number of hydrogen-bond donors (Lipinski definition) is 1. The molecule has 0 atom stereocenters. The third kappa shape index (κ3) is 2.29. The number of hydrogen-bond acceptors (Lipinski definition) is 4. The molecular weight excluding hydrogens is 328 g/mol. The number of aromatic nitrogens is 1. The Balaban J connectivity index is 1.93. The lowest BCUT2D eigenvalue weighted by molar-refractivity contribution is -0.112. The summed E-state index contributed by atoms with van der Waals surface area (Å²) in [5.41, 5.74) is 0.987. The van der Waals surface area contributed by atoms with Gasteiger partial charge in [0.2, 0.25) is 0 Å². The zero-order valence-electron chi connectivity index (χ0n) is 9.51. The van der Waals surface area contributed by atoms with E-state index in [1.807, 2.05) is 18.2 Å². The van der Waals surface area contributed by atoms with Crippen LogP contribution < -0.4 is 5.32 Å². The first-order valence-corrected chi connectivity index (χ1v) is 7.04. The molecule has 0 bridgehead atoms. The van der Waals surface area contributed by atoms with Crippen molar-refractivity contribution < 1.29 is 9.59 Å². The van der Waals surface area contributed by atoms with E-state index in [2.05, 4.69) is 26.2 Å². The lowest BCUT2D eigenvalue weighted by Gasteiger charge is -2.04. The molecule has 19 heavy (non-hydrogen) atoms. The van der Waals surface area contributed by atoms with Gasteiger partial charge in [-0.25, -0.2) is 4.98 Å². The summed E-state index contributed by atoms with van der Waals surface area (Å²) in [6.07, 6.45) is 1.71. The first-order valence-electron chi connectivity index (χ1n) is 5.43. The SMILES string of the molecule is O=C1Nc2cc(Sc3ncccc3Br)ccc2C1=O. The maximum absolute atomic E-state index is 11.5.